The molecule has 1 aliphatic heterocycles. The Bertz CT molecular complexity index is 539. The second kappa shape index (κ2) is 16.3. The van der Waals surface area contributed by atoms with E-state index < -0.39 is 0 Å². The number of benzene rings is 1. The standard InChI is InChI=1S/C28H48N2/c1-3-5-7-9-10-11-12-13-18-22-28-29(23-19-14-8-6-4-2)24-25-30(28)26-27-20-16-15-17-21-27/h15-17,20-21,24-25,28H,3-14,18-19,22-23,26H2,1-2H3. The average Bonchev–Trinajstić information content (AvgIpc) is 3.14. The summed E-state index contributed by atoms with van der Waals surface area (Å²) in [5, 5.41) is 0. The molecule has 0 aromatic heterocycles. The Hall–Kier alpha value is -1.44. The number of nitrogens with zero attached hydrogens (tertiary/aromatic N) is 2. The SMILES string of the molecule is CCCCCCCCCCCC1N(CCCCCCC)C=CN1Cc1ccccc1. The maximum absolute atomic E-state index is 2.62. The molecule has 1 aromatic carbocycles. The molecule has 1 atom stereocenters. The van der Waals surface area contributed by atoms with Crippen molar-refractivity contribution in [3.8, 4) is 0 Å². The summed E-state index contributed by atoms with van der Waals surface area (Å²) in [5.74, 6) is 0. The van der Waals surface area contributed by atoms with Gasteiger partial charge in [0.25, 0.3) is 0 Å². The van der Waals surface area contributed by atoms with Crippen LogP contribution >= 0.6 is 0 Å². The molecule has 170 valence electrons. The quantitative estimate of drug-likeness (QED) is 0.223. The van der Waals surface area contributed by atoms with Gasteiger partial charge < -0.3 is 9.80 Å². The predicted octanol–water partition coefficient (Wildman–Crippen LogP) is 8.49. The third kappa shape index (κ3) is 10.0. The Labute approximate surface area is 187 Å². The normalized spacial score (nSPS) is 16.0. The van der Waals surface area contributed by atoms with Gasteiger partial charge >= 0.3 is 0 Å². The van der Waals surface area contributed by atoms with Crippen LogP contribution in [0, 0.1) is 0 Å². The van der Waals surface area contributed by atoms with E-state index in [1.165, 1.54) is 108 Å². The first-order valence-corrected chi connectivity index (χ1v) is 13.1. The van der Waals surface area contributed by atoms with Crippen LogP contribution in [0.4, 0.5) is 0 Å². The monoisotopic (exact) mass is 412 g/mol. The summed E-state index contributed by atoms with van der Waals surface area (Å²) >= 11 is 0. The van der Waals surface area contributed by atoms with E-state index in [0.717, 1.165) is 6.54 Å². The summed E-state index contributed by atoms with van der Waals surface area (Å²) in [7, 11) is 0. The Morgan fingerprint density at radius 3 is 1.77 bits per heavy atom. The first-order valence-electron chi connectivity index (χ1n) is 13.1. The molecule has 1 aliphatic rings. The Balaban J connectivity index is 1.72. The molecule has 0 bridgehead atoms. The molecule has 2 nitrogen and oxygen atoms in total. The Kier molecular flexibility index (Phi) is 13.5. The zero-order chi connectivity index (χ0) is 21.3. The summed E-state index contributed by atoms with van der Waals surface area (Å²) in [4.78, 5) is 5.20. The summed E-state index contributed by atoms with van der Waals surface area (Å²) < 4.78 is 0. The summed E-state index contributed by atoms with van der Waals surface area (Å²) in [6, 6.07) is 11.0. The van der Waals surface area contributed by atoms with Crippen molar-refractivity contribution < 1.29 is 0 Å². The van der Waals surface area contributed by atoms with Crippen molar-refractivity contribution >= 4 is 0 Å². The molecular formula is C28H48N2. The van der Waals surface area contributed by atoms with Gasteiger partial charge in [-0.25, -0.2) is 0 Å². The van der Waals surface area contributed by atoms with Gasteiger partial charge in [0.1, 0.15) is 6.17 Å². The fourth-order valence-electron chi connectivity index (χ4n) is 4.60. The molecular weight excluding hydrogens is 364 g/mol. The molecule has 1 unspecified atom stereocenters. The minimum absolute atomic E-state index is 0.556. The van der Waals surface area contributed by atoms with E-state index >= 15 is 0 Å². The number of hydrogen-bond acceptors (Lipinski definition) is 2. The lowest BCUT2D eigenvalue weighted by Crippen LogP contribution is -2.38. The minimum atomic E-state index is 0.556. The van der Waals surface area contributed by atoms with Gasteiger partial charge in [-0.05, 0) is 24.8 Å². The third-order valence-corrected chi connectivity index (χ3v) is 6.51. The minimum Gasteiger partial charge on any atom is -0.356 e. The smallest absolute Gasteiger partial charge is 0.101 e. The van der Waals surface area contributed by atoms with E-state index in [4.69, 9.17) is 0 Å². The first-order chi connectivity index (χ1) is 14.8. The van der Waals surface area contributed by atoms with Crippen molar-refractivity contribution in [2.45, 2.75) is 123 Å². The lowest BCUT2D eigenvalue weighted by Gasteiger charge is -2.33. The first kappa shape index (κ1) is 24.8. The molecule has 1 aromatic rings. The topological polar surface area (TPSA) is 6.48 Å². The van der Waals surface area contributed by atoms with E-state index in [-0.39, 0.29) is 0 Å². The van der Waals surface area contributed by atoms with Gasteiger partial charge in [0.2, 0.25) is 0 Å². The van der Waals surface area contributed by atoms with Crippen molar-refractivity contribution in [3.63, 3.8) is 0 Å². The molecule has 1 heterocycles. The lowest BCUT2D eigenvalue weighted by atomic mass is 10.1. The Morgan fingerprint density at radius 1 is 0.600 bits per heavy atom. The second-order valence-electron chi connectivity index (χ2n) is 9.21. The number of unbranched alkanes of at least 4 members (excludes halogenated alkanes) is 12. The van der Waals surface area contributed by atoms with E-state index in [9.17, 15) is 0 Å². The Morgan fingerprint density at radius 2 is 1.13 bits per heavy atom. The van der Waals surface area contributed by atoms with Crippen molar-refractivity contribution in [1.29, 1.82) is 0 Å². The highest BCUT2D eigenvalue weighted by atomic mass is 15.4. The molecule has 0 saturated heterocycles. The second-order valence-corrected chi connectivity index (χ2v) is 9.21. The van der Waals surface area contributed by atoms with Crippen LogP contribution in [0.2, 0.25) is 0 Å². The van der Waals surface area contributed by atoms with Gasteiger partial charge in [0.15, 0.2) is 0 Å². The van der Waals surface area contributed by atoms with Gasteiger partial charge in [0.05, 0.1) is 0 Å². The van der Waals surface area contributed by atoms with Crippen molar-refractivity contribution in [2.24, 2.45) is 0 Å². The molecule has 0 aliphatic carbocycles. The van der Waals surface area contributed by atoms with E-state index in [1.54, 1.807) is 0 Å². The van der Waals surface area contributed by atoms with E-state index in [0.29, 0.717) is 6.17 Å². The van der Waals surface area contributed by atoms with E-state index in [2.05, 4.69) is 66.4 Å². The van der Waals surface area contributed by atoms with Crippen LogP contribution in [0.25, 0.3) is 0 Å². The van der Waals surface area contributed by atoms with Crippen LogP contribution in [0.3, 0.4) is 0 Å². The zero-order valence-corrected chi connectivity index (χ0v) is 20.0. The highest BCUT2D eigenvalue weighted by molar-refractivity contribution is 5.15. The van der Waals surface area contributed by atoms with Crippen molar-refractivity contribution in [3.05, 3.63) is 48.3 Å². The largest absolute Gasteiger partial charge is 0.356 e. The predicted molar refractivity (Wildman–Crippen MR) is 132 cm³/mol. The zero-order valence-electron chi connectivity index (χ0n) is 20.0. The van der Waals surface area contributed by atoms with Gasteiger partial charge in [0, 0.05) is 25.5 Å². The molecule has 2 rings (SSSR count). The average molecular weight is 413 g/mol. The molecule has 0 amide bonds. The van der Waals surface area contributed by atoms with Crippen LogP contribution in [-0.2, 0) is 6.54 Å². The highest BCUT2D eigenvalue weighted by Gasteiger charge is 2.25. The highest BCUT2D eigenvalue weighted by Crippen LogP contribution is 2.24. The lowest BCUT2D eigenvalue weighted by molar-refractivity contribution is 0.132. The number of rotatable bonds is 18. The maximum Gasteiger partial charge on any atom is 0.101 e. The van der Waals surface area contributed by atoms with Crippen LogP contribution in [-0.4, -0.2) is 22.5 Å². The molecule has 30 heavy (non-hydrogen) atoms. The van der Waals surface area contributed by atoms with Crippen molar-refractivity contribution in [1.82, 2.24) is 9.80 Å². The van der Waals surface area contributed by atoms with Crippen molar-refractivity contribution in [2.75, 3.05) is 6.54 Å². The third-order valence-electron chi connectivity index (χ3n) is 6.51. The molecule has 0 saturated carbocycles. The van der Waals surface area contributed by atoms with Gasteiger partial charge in [-0.3, -0.25) is 0 Å². The van der Waals surface area contributed by atoms with Gasteiger partial charge in [-0.1, -0.05) is 121 Å². The molecule has 0 spiro atoms. The fraction of sp³-hybridized carbons (Fsp3) is 0.714. The fourth-order valence-corrected chi connectivity index (χ4v) is 4.60. The van der Waals surface area contributed by atoms with Gasteiger partial charge in [-0.2, -0.15) is 0 Å². The molecule has 0 N–H and O–H groups in total. The maximum atomic E-state index is 2.62. The van der Waals surface area contributed by atoms with Crippen LogP contribution in [0.15, 0.2) is 42.7 Å². The van der Waals surface area contributed by atoms with Gasteiger partial charge in [-0.15, -0.1) is 0 Å². The van der Waals surface area contributed by atoms with Crippen LogP contribution in [0.1, 0.15) is 116 Å². The molecule has 2 heteroatoms. The van der Waals surface area contributed by atoms with Crippen LogP contribution < -0.4 is 0 Å². The van der Waals surface area contributed by atoms with Crippen LogP contribution in [0.5, 0.6) is 0 Å². The molecule has 0 fully saturated rings. The summed E-state index contributed by atoms with van der Waals surface area (Å²) in [5.41, 5.74) is 1.42. The number of hydrogen-bond donors (Lipinski definition) is 0. The summed E-state index contributed by atoms with van der Waals surface area (Å²) in [6.45, 7) is 6.85. The van der Waals surface area contributed by atoms with E-state index in [1.807, 2.05) is 0 Å². The molecule has 0 radical (unpaired) electrons. The summed E-state index contributed by atoms with van der Waals surface area (Å²) in [6.07, 6.45) is 26.1.